The molecule has 0 amide bonds. The third-order valence-corrected chi connectivity index (χ3v) is 13.1. The van der Waals surface area contributed by atoms with E-state index in [9.17, 15) is 9.90 Å². The Morgan fingerprint density at radius 2 is 1.51 bits per heavy atom. The second-order valence-corrected chi connectivity index (χ2v) is 20.4. The van der Waals surface area contributed by atoms with Crippen LogP contribution in [0.2, 0.25) is 19.6 Å². The molecule has 0 aliphatic heterocycles. The van der Waals surface area contributed by atoms with Gasteiger partial charge in [-0.3, -0.25) is 9.78 Å². The fourth-order valence-electron chi connectivity index (χ4n) is 6.38. The fraction of sp³-hybridized carbons (Fsp3) is 0.395. The summed E-state index contributed by atoms with van der Waals surface area (Å²) < 4.78 is 1.25. The van der Waals surface area contributed by atoms with E-state index in [0.29, 0.717) is 5.92 Å². The summed E-state index contributed by atoms with van der Waals surface area (Å²) in [6.07, 6.45) is 6.86. The van der Waals surface area contributed by atoms with Gasteiger partial charge in [-0.15, -0.1) is 40.5 Å². The van der Waals surface area contributed by atoms with Crippen LogP contribution in [-0.4, -0.2) is 23.9 Å². The normalized spacial score (nSPS) is 12.1. The Balaban J connectivity index is 0.000000347. The van der Waals surface area contributed by atoms with E-state index in [1.807, 2.05) is 45.2 Å². The fourth-order valence-corrected chi connectivity index (χ4v) is 8.86. The number of aliphatic hydroxyl groups excluding tert-OH is 1. The number of aliphatic hydroxyl groups is 1. The first-order valence-corrected chi connectivity index (χ1v) is 22.0. The van der Waals surface area contributed by atoms with E-state index in [0.717, 1.165) is 42.3 Å². The van der Waals surface area contributed by atoms with Crippen LogP contribution in [0.25, 0.3) is 42.6 Å². The van der Waals surface area contributed by atoms with Crippen LogP contribution in [0.3, 0.4) is 0 Å². The molecule has 0 aliphatic rings. The van der Waals surface area contributed by atoms with Crippen LogP contribution in [0.1, 0.15) is 84.3 Å². The molecule has 3 nitrogen and oxygen atoms in total. The van der Waals surface area contributed by atoms with Gasteiger partial charge in [0.25, 0.3) is 0 Å². The molecule has 1 N–H and O–H groups in total. The molecule has 0 saturated carbocycles. The second-order valence-electron chi connectivity index (χ2n) is 14.3. The first-order valence-electron chi connectivity index (χ1n) is 17.7. The van der Waals surface area contributed by atoms with E-state index in [-0.39, 0.29) is 43.5 Å². The molecule has 5 rings (SSSR count). The molecular weight excluding hydrogens is 815 g/mol. The van der Waals surface area contributed by atoms with Gasteiger partial charge in [-0.05, 0) is 61.1 Å². The Bertz CT molecular complexity index is 1880. The van der Waals surface area contributed by atoms with Crippen LogP contribution >= 0.6 is 11.3 Å². The molecule has 0 fully saturated rings. The Labute approximate surface area is 313 Å². The van der Waals surface area contributed by atoms with Gasteiger partial charge in [0.05, 0.1) is 13.8 Å². The Hall–Kier alpha value is -2.89. The quantitative estimate of drug-likeness (QED) is 0.0623. The van der Waals surface area contributed by atoms with Crippen molar-refractivity contribution in [1.29, 1.82) is 0 Å². The predicted molar refractivity (Wildman–Crippen MR) is 213 cm³/mol. The number of hydrogen-bond donors (Lipinski definition) is 1. The number of aromatic nitrogens is 1. The van der Waals surface area contributed by atoms with Crippen molar-refractivity contribution in [2.24, 2.45) is 11.8 Å². The van der Waals surface area contributed by atoms with Crippen molar-refractivity contribution < 1.29 is 30.0 Å². The molecule has 0 unspecified atom stereocenters. The monoisotopic (exact) mass is 869 g/mol. The average molecular weight is 869 g/mol. The Morgan fingerprint density at radius 1 is 0.898 bits per heavy atom. The molecule has 0 atom stereocenters. The second kappa shape index (κ2) is 17.9. The number of thiophene rings is 1. The number of fused-ring (bicyclic) bond motifs is 2. The van der Waals surface area contributed by atoms with Gasteiger partial charge in [-0.2, -0.15) is 0 Å². The molecule has 3 aromatic carbocycles. The molecule has 5 aromatic rings. The van der Waals surface area contributed by atoms with Crippen LogP contribution in [0.15, 0.2) is 78.7 Å². The number of aryl methyl sites for hydroxylation is 1. The van der Waals surface area contributed by atoms with E-state index in [1.54, 1.807) is 0 Å². The number of benzene rings is 3. The molecule has 6 heteroatoms. The van der Waals surface area contributed by atoms with Crippen molar-refractivity contribution in [2.75, 3.05) is 0 Å². The van der Waals surface area contributed by atoms with E-state index in [2.05, 4.69) is 107 Å². The molecular formula is C43H54IrNO2SSi-. The number of carbonyl (C=O) groups is 1. The van der Waals surface area contributed by atoms with E-state index >= 15 is 0 Å². The number of carbonyl (C=O) groups excluding carboxylic acids is 1. The molecule has 263 valence electrons. The smallest absolute Gasteiger partial charge is 0.162 e. The first kappa shape index (κ1) is 40.5. The van der Waals surface area contributed by atoms with E-state index < -0.39 is 8.07 Å². The van der Waals surface area contributed by atoms with Crippen molar-refractivity contribution in [3.05, 3.63) is 95.9 Å². The summed E-state index contributed by atoms with van der Waals surface area (Å²) in [7, 11) is -1.30. The summed E-state index contributed by atoms with van der Waals surface area (Å²) in [6, 6.07) is 26.0. The molecule has 0 saturated heterocycles. The minimum Gasteiger partial charge on any atom is -0.512 e. The van der Waals surface area contributed by atoms with Crippen LogP contribution in [-0.2, 0) is 24.9 Å². The molecule has 49 heavy (non-hydrogen) atoms. The molecule has 0 aliphatic carbocycles. The summed E-state index contributed by atoms with van der Waals surface area (Å²) in [5.74, 6) is 0.985. The minimum atomic E-state index is -1.30. The standard InChI is InChI=1S/C30H30NSSi.C13H24O2.Ir/c1-19(2)27-18-23(17-22-9-7-8-10-26(22)27)28-30-25(15-16-31-28)20(3)29(32-30)21-11-13-24(14-12-21)33(4,5)6;1-5-10(6-2)12(14)9-13(15)11(7-3)8-4;/h7-16,18-19H,1-6H3;9-11,14H,5-8H2,1-4H3;/q-1;;/b;12-9-;. The van der Waals surface area contributed by atoms with Crippen molar-refractivity contribution in [3.8, 4) is 21.7 Å². The molecule has 0 bridgehead atoms. The number of allylic oxidation sites excluding steroid dienone is 2. The van der Waals surface area contributed by atoms with Gasteiger partial charge in [-0.1, -0.05) is 120 Å². The average Bonchev–Trinajstić information content (AvgIpc) is 3.41. The molecule has 2 aromatic heterocycles. The third-order valence-electron chi connectivity index (χ3n) is 9.63. The minimum absolute atomic E-state index is 0. The van der Waals surface area contributed by atoms with Crippen molar-refractivity contribution >= 4 is 51.2 Å². The largest absolute Gasteiger partial charge is 0.512 e. The first-order chi connectivity index (χ1) is 22.8. The number of rotatable bonds is 11. The number of hydrogen-bond acceptors (Lipinski definition) is 4. The van der Waals surface area contributed by atoms with Gasteiger partial charge in [0.15, 0.2) is 5.78 Å². The SMILES string of the molecule is CCC(CC)C(=O)/C=C(\O)C(CC)CC.Cc1c(-c2ccc([Si](C)(C)C)cc2)sc2c(-c3[c-]c4ccccc4c(C(C)C)c3)nccc12.[Ir]. The van der Waals surface area contributed by atoms with Gasteiger partial charge in [0.2, 0.25) is 0 Å². The van der Waals surface area contributed by atoms with Crippen LogP contribution in [0, 0.1) is 24.8 Å². The number of ketones is 1. The van der Waals surface area contributed by atoms with Crippen LogP contribution in [0.5, 0.6) is 0 Å². The predicted octanol–water partition coefficient (Wildman–Crippen LogP) is 12.4. The zero-order valence-corrected chi connectivity index (χ0v) is 35.2. The summed E-state index contributed by atoms with van der Waals surface area (Å²) in [5.41, 5.74) is 6.12. The van der Waals surface area contributed by atoms with Gasteiger partial charge in [0, 0.05) is 59.5 Å². The Kier molecular flexibility index (Phi) is 14.8. The zero-order valence-electron chi connectivity index (χ0n) is 31.0. The van der Waals surface area contributed by atoms with Crippen molar-refractivity contribution in [1.82, 2.24) is 4.98 Å². The van der Waals surface area contributed by atoms with E-state index in [1.165, 1.54) is 48.3 Å². The number of pyridine rings is 1. The van der Waals surface area contributed by atoms with Gasteiger partial charge in [-0.25, -0.2) is 0 Å². The molecule has 1 radical (unpaired) electrons. The maximum Gasteiger partial charge on any atom is 0.162 e. The maximum absolute atomic E-state index is 11.7. The molecule has 2 heterocycles. The summed E-state index contributed by atoms with van der Waals surface area (Å²) in [4.78, 5) is 17.9. The van der Waals surface area contributed by atoms with Gasteiger partial charge >= 0.3 is 0 Å². The summed E-state index contributed by atoms with van der Waals surface area (Å²) in [5, 5.41) is 15.0. The van der Waals surface area contributed by atoms with Crippen LogP contribution < -0.4 is 5.19 Å². The van der Waals surface area contributed by atoms with Crippen molar-refractivity contribution in [3.63, 3.8) is 0 Å². The third kappa shape index (κ3) is 9.46. The van der Waals surface area contributed by atoms with Gasteiger partial charge < -0.3 is 5.11 Å². The molecule has 0 spiro atoms. The zero-order chi connectivity index (χ0) is 35.2. The van der Waals surface area contributed by atoms with Crippen LogP contribution in [0.4, 0.5) is 0 Å². The maximum atomic E-state index is 11.7. The van der Waals surface area contributed by atoms with E-state index in [4.69, 9.17) is 4.98 Å². The van der Waals surface area contributed by atoms with Crippen molar-refractivity contribution in [2.45, 2.75) is 99.7 Å². The van der Waals surface area contributed by atoms with Gasteiger partial charge in [0.1, 0.15) is 0 Å². The summed E-state index contributed by atoms with van der Waals surface area (Å²) >= 11 is 1.86. The topological polar surface area (TPSA) is 50.2 Å². The Morgan fingerprint density at radius 3 is 2.08 bits per heavy atom. The number of nitrogens with zero attached hydrogens (tertiary/aromatic N) is 1. The summed E-state index contributed by atoms with van der Waals surface area (Å²) in [6.45, 7) is 22.0.